The molecule has 1 aromatic carbocycles. The first-order valence-corrected chi connectivity index (χ1v) is 7.24. The smallest absolute Gasteiger partial charge is 0.136 e. The van der Waals surface area contributed by atoms with Crippen molar-refractivity contribution in [1.29, 1.82) is 0 Å². The summed E-state index contributed by atoms with van der Waals surface area (Å²) >= 11 is 1.44. The molecule has 0 fully saturated rings. The Bertz CT molecular complexity index is 607. The highest BCUT2D eigenvalue weighted by molar-refractivity contribution is 7.12. The third-order valence-electron chi connectivity index (χ3n) is 3.60. The van der Waals surface area contributed by atoms with E-state index >= 15 is 0 Å². The number of methoxy groups -OCH3 is 1. The van der Waals surface area contributed by atoms with E-state index in [2.05, 4.69) is 0 Å². The summed E-state index contributed by atoms with van der Waals surface area (Å²) in [6.07, 6.45) is 1.81. The molecule has 1 atom stereocenters. The Morgan fingerprint density at radius 3 is 2.50 bits per heavy atom. The molecule has 0 radical (unpaired) electrons. The Balaban J connectivity index is 1.99. The minimum Gasteiger partial charge on any atom is -0.497 e. The fraction of sp³-hybridized carbons (Fsp3) is 0.333. The zero-order valence-corrected chi connectivity index (χ0v) is 11.8. The number of aliphatic hydroxyl groups is 1. The minimum atomic E-state index is -1.27. The third-order valence-corrected chi connectivity index (χ3v) is 4.89. The summed E-state index contributed by atoms with van der Waals surface area (Å²) in [7, 11) is 1.34. The van der Waals surface area contributed by atoms with E-state index in [4.69, 9.17) is 4.74 Å². The maximum atomic E-state index is 14.0. The SMILES string of the molecule is COc1cc(F)c(C(O)c2cc3c(s2)CCC3)c(F)c1. The van der Waals surface area contributed by atoms with Crippen molar-refractivity contribution in [2.45, 2.75) is 25.4 Å². The molecule has 0 saturated heterocycles. The van der Waals surface area contributed by atoms with E-state index in [1.807, 2.05) is 6.07 Å². The number of aryl methyl sites for hydroxylation is 2. The first kappa shape index (κ1) is 13.5. The zero-order chi connectivity index (χ0) is 14.3. The van der Waals surface area contributed by atoms with Crippen molar-refractivity contribution in [1.82, 2.24) is 0 Å². The monoisotopic (exact) mass is 296 g/mol. The van der Waals surface area contributed by atoms with E-state index in [1.165, 1.54) is 28.9 Å². The number of aliphatic hydroxyl groups excluding tert-OH is 1. The third kappa shape index (κ3) is 2.21. The van der Waals surface area contributed by atoms with Crippen LogP contribution in [0.5, 0.6) is 5.75 Å². The van der Waals surface area contributed by atoms with E-state index in [0.717, 1.165) is 31.4 Å². The Labute approximate surface area is 119 Å². The number of hydrogen-bond acceptors (Lipinski definition) is 3. The van der Waals surface area contributed by atoms with Gasteiger partial charge >= 0.3 is 0 Å². The highest BCUT2D eigenvalue weighted by Crippen LogP contribution is 2.38. The lowest BCUT2D eigenvalue weighted by Gasteiger charge is -2.12. The first-order valence-electron chi connectivity index (χ1n) is 6.42. The van der Waals surface area contributed by atoms with Crippen LogP contribution in [0.4, 0.5) is 8.78 Å². The van der Waals surface area contributed by atoms with Crippen LogP contribution in [0.2, 0.25) is 0 Å². The summed E-state index contributed by atoms with van der Waals surface area (Å²) in [5.74, 6) is -1.48. The molecule has 1 aliphatic carbocycles. The highest BCUT2D eigenvalue weighted by atomic mass is 32.1. The van der Waals surface area contributed by atoms with Gasteiger partial charge in [-0.1, -0.05) is 0 Å². The molecule has 20 heavy (non-hydrogen) atoms. The van der Waals surface area contributed by atoms with Gasteiger partial charge in [-0.05, 0) is 30.9 Å². The number of benzene rings is 1. The summed E-state index contributed by atoms with van der Waals surface area (Å²) in [4.78, 5) is 1.81. The average Bonchev–Trinajstić information content (AvgIpc) is 2.98. The molecule has 106 valence electrons. The van der Waals surface area contributed by atoms with Crippen molar-refractivity contribution in [3.63, 3.8) is 0 Å². The second-order valence-corrected chi connectivity index (χ2v) is 6.03. The van der Waals surface area contributed by atoms with Crippen LogP contribution < -0.4 is 4.74 Å². The van der Waals surface area contributed by atoms with E-state index in [1.54, 1.807) is 0 Å². The molecule has 1 aromatic heterocycles. The summed E-state index contributed by atoms with van der Waals surface area (Å²) in [6.45, 7) is 0. The lowest BCUT2D eigenvalue weighted by atomic mass is 10.1. The fourth-order valence-electron chi connectivity index (χ4n) is 2.57. The van der Waals surface area contributed by atoms with Crippen LogP contribution in [-0.2, 0) is 12.8 Å². The molecule has 0 amide bonds. The normalized spacial score (nSPS) is 15.2. The molecule has 1 unspecified atom stereocenters. The zero-order valence-electron chi connectivity index (χ0n) is 11.0. The lowest BCUT2D eigenvalue weighted by Crippen LogP contribution is -2.05. The van der Waals surface area contributed by atoms with Gasteiger partial charge < -0.3 is 9.84 Å². The summed E-state index contributed by atoms with van der Waals surface area (Å²) in [5.41, 5.74) is 0.879. The van der Waals surface area contributed by atoms with Gasteiger partial charge in [-0.2, -0.15) is 0 Å². The van der Waals surface area contributed by atoms with Crippen molar-refractivity contribution in [2.75, 3.05) is 7.11 Å². The van der Waals surface area contributed by atoms with Crippen molar-refractivity contribution < 1.29 is 18.6 Å². The Hall–Kier alpha value is -1.46. The highest BCUT2D eigenvalue weighted by Gasteiger charge is 2.25. The quantitative estimate of drug-likeness (QED) is 0.937. The van der Waals surface area contributed by atoms with E-state index < -0.39 is 17.7 Å². The number of halogens is 2. The van der Waals surface area contributed by atoms with Gasteiger partial charge in [0.1, 0.15) is 23.5 Å². The van der Waals surface area contributed by atoms with Crippen LogP contribution in [0, 0.1) is 11.6 Å². The van der Waals surface area contributed by atoms with E-state index in [9.17, 15) is 13.9 Å². The van der Waals surface area contributed by atoms with Crippen LogP contribution >= 0.6 is 11.3 Å². The largest absolute Gasteiger partial charge is 0.497 e. The number of thiophene rings is 1. The summed E-state index contributed by atoms with van der Waals surface area (Å²) in [6, 6.07) is 4.03. The van der Waals surface area contributed by atoms with Crippen LogP contribution in [0.25, 0.3) is 0 Å². The summed E-state index contributed by atoms with van der Waals surface area (Å²) in [5, 5.41) is 10.3. The van der Waals surface area contributed by atoms with Crippen molar-refractivity contribution in [3.05, 3.63) is 50.7 Å². The predicted molar refractivity (Wildman–Crippen MR) is 73.3 cm³/mol. The Morgan fingerprint density at radius 2 is 1.90 bits per heavy atom. The molecular formula is C15H14F2O2S. The molecule has 0 bridgehead atoms. The van der Waals surface area contributed by atoms with Gasteiger partial charge in [0, 0.05) is 21.9 Å². The predicted octanol–water partition coefficient (Wildman–Crippen LogP) is 3.61. The molecule has 1 N–H and O–H groups in total. The fourth-order valence-corrected chi connectivity index (χ4v) is 3.82. The number of rotatable bonds is 3. The average molecular weight is 296 g/mol. The van der Waals surface area contributed by atoms with Crippen molar-refractivity contribution in [2.24, 2.45) is 0 Å². The lowest BCUT2D eigenvalue weighted by molar-refractivity contribution is 0.212. The van der Waals surface area contributed by atoms with Gasteiger partial charge in [-0.15, -0.1) is 11.3 Å². The molecule has 1 heterocycles. The molecule has 0 saturated carbocycles. The molecule has 1 aliphatic rings. The topological polar surface area (TPSA) is 29.5 Å². The number of hydrogen-bond donors (Lipinski definition) is 1. The molecule has 5 heteroatoms. The second-order valence-electron chi connectivity index (χ2n) is 4.86. The van der Waals surface area contributed by atoms with Gasteiger partial charge in [0.2, 0.25) is 0 Å². The molecule has 2 aromatic rings. The van der Waals surface area contributed by atoms with Crippen LogP contribution in [0.3, 0.4) is 0 Å². The van der Waals surface area contributed by atoms with Gasteiger partial charge in [0.15, 0.2) is 0 Å². The van der Waals surface area contributed by atoms with Gasteiger partial charge in [0.05, 0.1) is 12.7 Å². The molecular weight excluding hydrogens is 282 g/mol. The van der Waals surface area contributed by atoms with Gasteiger partial charge in [-0.25, -0.2) is 8.78 Å². The van der Waals surface area contributed by atoms with Crippen LogP contribution in [0.15, 0.2) is 18.2 Å². The van der Waals surface area contributed by atoms with E-state index in [-0.39, 0.29) is 11.3 Å². The van der Waals surface area contributed by atoms with Crippen molar-refractivity contribution in [3.8, 4) is 5.75 Å². The Morgan fingerprint density at radius 1 is 1.20 bits per heavy atom. The minimum absolute atomic E-state index is 0.102. The Kier molecular flexibility index (Phi) is 3.48. The summed E-state index contributed by atoms with van der Waals surface area (Å²) < 4.78 is 32.7. The first-order chi connectivity index (χ1) is 9.60. The number of ether oxygens (including phenoxy) is 1. The molecule has 2 nitrogen and oxygen atoms in total. The van der Waals surface area contributed by atoms with Gasteiger partial charge in [0.25, 0.3) is 0 Å². The standard InChI is InChI=1S/C15H14F2O2S/c1-19-9-6-10(16)14(11(17)7-9)15(18)13-5-8-3-2-4-12(8)20-13/h5-7,15,18H,2-4H2,1H3. The van der Waals surface area contributed by atoms with Gasteiger partial charge in [-0.3, -0.25) is 0 Å². The molecule has 0 spiro atoms. The van der Waals surface area contributed by atoms with Crippen molar-refractivity contribution >= 4 is 11.3 Å². The number of fused-ring (bicyclic) bond motifs is 1. The molecule has 3 rings (SSSR count). The van der Waals surface area contributed by atoms with Crippen LogP contribution in [0.1, 0.15) is 33.4 Å². The second kappa shape index (κ2) is 5.14. The van der Waals surface area contributed by atoms with Crippen LogP contribution in [-0.4, -0.2) is 12.2 Å². The van der Waals surface area contributed by atoms with E-state index in [0.29, 0.717) is 4.88 Å². The maximum Gasteiger partial charge on any atom is 0.136 e. The maximum absolute atomic E-state index is 14.0. The molecule has 0 aliphatic heterocycles.